The van der Waals surface area contributed by atoms with Gasteiger partial charge in [-0.15, -0.1) is 0 Å². The molecular weight excluding hydrogens is 440 g/mol. The smallest absolute Gasteiger partial charge is 0.302 e. The molecule has 0 saturated heterocycles. The number of unbranched alkanes of at least 4 members (excludes halogenated alkanes) is 5. The van der Waals surface area contributed by atoms with E-state index >= 15 is 0 Å². The van der Waals surface area contributed by atoms with Crippen LogP contribution >= 0.6 is 12.6 Å². The lowest BCUT2D eigenvalue weighted by Crippen LogP contribution is -2.48. The van der Waals surface area contributed by atoms with Gasteiger partial charge >= 0.3 is 5.97 Å². The Bertz CT molecular complexity index is 880. The van der Waals surface area contributed by atoms with Gasteiger partial charge in [0, 0.05) is 12.3 Å². The molecular formula is C30H44O3S. The van der Waals surface area contributed by atoms with E-state index in [1.165, 1.54) is 55.2 Å². The molecule has 4 rings (SSSR count). The van der Waals surface area contributed by atoms with Crippen molar-refractivity contribution in [3.63, 3.8) is 0 Å². The van der Waals surface area contributed by atoms with E-state index in [9.17, 15) is 9.90 Å². The first-order valence-electron chi connectivity index (χ1n) is 13.6. The zero-order valence-electron chi connectivity index (χ0n) is 21.2. The SMILES string of the molecule is C=C(CCCCCCCCS)[C@@H]1Cc2cc(O)ccc2C2CC[C@@]3(C)C(CC[C@@H]3OC(C)=O)C21. The molecule has 34 heavy (non-hydrogen) atoms. The number of hydrogen-bond acceptors (Lipinski definition) is 4. The lowest BCUT2D eigenvalue weighted by molar-refractivity contribution is -0.155. The number of thiol groups is 1. The largest absolute Gasteiger partial charge is 0.508 e. The van der Waals surface area contributed by atoms with Crippen LogP contribution in [-0.2, 0) is 16.0 Å². The fourth-order valence-corrected chi connectivity index (χ4v) is 7.96. The summed E-state index contributed by atoms with van der Waals surface area (Å²) < 4.78 is 5.86. The zero-order chi connectivity index (χ0) is 24.3. The average molecular weight is 485 g/mol. The monoisotopic (exact) mass is 484 g/mol. The molecule has 0 radical (unpaired) electrons. The number of allylic oxidation sites excluding steroid dienone is 1. The minimum atomic E-state index is -0.145. The van der Waals surface area contributed by atoms with Gasteiger partial charge in [0.25, 0.3) is 0 Å². The normalized spacial score (nSPS) is 31.9. The van der Waals surface area contributed by atoms with E-state index in [1.807, 2.05) is 12.1 Å². The quantitative estimate of drug-likeness (QED) is 0.155. The predicted octanol–water partition coefficient (Wildman–Crippen LogP) is 7.62. The first-order valence-corrected chi connectivity index (χ1v) is 14.3. The van der Waals surface area contributed by atoms with Crippen molar-refractivity contribution in [1.29, 1.82) is 0 Å². The van der Waals surface area contributed by atoms with Crippen molar-refractivity contribution in [2.75, 3.05) is 5.75 Å². The summed E-state index contributed by atoms with van der Waals surface area (Å²) in [5.41, 5.74) is 4.22. The van der Waals surface area contributed by atoms with E-state index in [0.29, 0.717) is 29.4 Å². The number of phenolic OH excluding ortho intramolecular Hbond substituents is 1. The number of phenols is 1. The summed E-state index contributed by atoms with van der Waals surface area (Å²) in [5, 5.41) is 10.2. The molecule has 1 N–H and O–H groups in total. The minimum Gasteiger partial charge on any atom is -0.508 e. The Morgan fingerprint density at radius 3 is 2.62 bits per heavy atom. The number of rotatable bonds is 10. The second-order valence-electron chi connectivity index (χ2n) is 11.5. The molecule has 0 aliphatic heterocycles. The van der Waals surface area contributed by atoms with Crippen LogP contribution in [0.15, 0.2) is 30.4 Å². The fourth-order valence-electron chi connectivity index (χ4n) is 7.74. The third kappa shape index (κ3) is 5.22. The summed E-state index contributed by atoms with van der Waals surface area (Å²) in [5.74, 6) is 3.30. The van der Waals surface area contributed by atoms with Crippen LogP contribution in [0.2, 0.25) is 0 Å². The molecule has 2 saturated carbocycles. The molecule has 3 nitrogen and oxygen atoms in total. The number of aromatic hydroxyl groups is 1. The minimum absolute atomic E-state index is 0.0448. The first-order chi connectivity index (χ1) is 16.3. The molecule has 0 bridgehead atoms. The number of esters is 1. The summed E-state index contributed by atoms with van der Waals surface area (Å²) in [7, 11) is 0. The standard InChI is InChI=1S/C30H44O3S/c1-20(10-8-6-4-5-7-9-17-34)26-19-22-18-23(32)11-12-24(22)25-15-16-30(3)27(29(25)26)13-14-28(30)33-21(2)31/h11-12,18,25-29,32,34H,1,4-10,13-17,19H2,2-3H3/t25?,26-,27?,28-,29?,30-/m0/s1. The Morgan fingerprint density at radius 2 is 1.88 bits per heavy atom. The van der Waals surface area contributed by atoms with Crippen molar-refractivity contribution in [1.82, 2.24) is 0 Å². The Kier molecular flexibility index (Phi) is 8.38. The molecule has 2 fully saturated rings. The van der Waals surface area contributed by atoms with Gasteiger partial charge in [0.1, 0.15) is 11.9 Å². The maximum absolute atomic E-state index is 11.8. The van der Waals surface area contributed by atoms with Crippen LogP contribution in [0.5, 0.6) is 5.75 Å². The molecule has 3 aliphatic rings. The molecule has 0 heterocycles. The van der Waals surface area contributed by atoms with Crippen molar-refractivity contribution < 1.29 is 14.6 Å². The van der Waals surface area contributed by atoms with Crippen molar-refractivity contribution >= 4 is 18.6 Å². The van der Waals surface area contributed by atoms with Gasteiger partial charge in [-0.2, -0.15) is 12.6 Å². The van der Waals surface area contributed by atoms with Crippen LogP contribution in [0.4, 0.5) is 0 Å². The van der Waals surface area contributed by atoms with Gasteiger partial charge in [0.15, 0.2) is 0 Å². The molecule has 0 spiro atoms. The second-order valence-corrected chi connectivity index (χ2v) is 11.9. The zero-order valence-corrected chi connectivity index (χ0v) is 22.1. The van der Waals surface area contributed by atoms with Crippen LogP contribution in [0.1, 0.15) is 102 Å². The Balaban J connectivity index is 1.52. The third-order valence-electron chi connectivity index (χ3n) is 9.41. The van der Waals surface area contributed by atoms with E-state index in [-0.39, 0.29) is 17.5 Å². The highest BCUT2D eigenvalue weighted by Crippen LogP contribution is 2.63. The highest BCUT2D eigenvalue weighted by atomic mass is 32.1. The van der Waals surface area contributed by atoms with Crippen LogP contribution in [0.3, 0.4) is 0 Å². The van der Waals surface area contributed by atoms with E-state index < -0.39 is 0 Å². The predicted molar refractivity (Wildman–Crippen MR) is 142 cm³/mol. The summed E-state index contributed by atoms with van der Waals surface area (Å²) in [6.45, 7) is 8.59. The molecule has 188 valence electrons. The highest BCUT2D eigenvalue weighted by molar-refractivity contribution is 7.80. The van der Waals surface area contributed by atoms with Gasteiger partial charge in [0.05, 0.1) is 0 Å². The molecule has 3 aliphatic carbocycles. The Hall–Kier alpha value is -1.42. The molecule has 1 aromatic carbocycles. The molecule has 0 amide bonds. The molecule has 4 heteroatoms. The maximum atomic E-state index is 11.8. The van der Waals surface area contributed by atoms with Crippen molar-refractivity contribution in [3.8, 4) is 5.75 Å². The van der Waals surface area contributed by atoms with Gasteiger partial charge in [-0.1, -0.05) is 50.8 Å². The second kappa shape index (κ2) is 11.1. The van der Waals surface area contributed by atoms with Crippen LogP contribution in [0, 0.1) is 23.2 Å². The van der Waals surface area contributed by atoms with Gasteiger partial charge in [-0.25, -0.2) is 0 Å². The molecule has 6 atom stereocenters. The first kappa shape index (κ1) is 25.7. The van der Waals surface area contributed by atoms with Crippen molar-refractivity contribution in [3.05, 3.63) is 41.5 Å². The summed E-state index contributed by atoms with van der Waals surface area (Å²) in [6, 6.07) is 6.04. The van der Waals surface area contributed by atoms with Crippen LogP contribution in [0.25, 0.3) is 0 Å². The van der Waals surface area contributed by atoms with E-state index in [1.54, 1.807) is 6.92 Å². The van der Waals surface area contributed by atoms with Gasteiger partial charge < -0.3 is 9.84 Å². The molecule has 3 unspecified atom stereocenters. The molecule has 0 aromatic heterocycles. The van der Waals surface area contributed by atoms with Crippen molar-refractivity contribution in [2.45, 2.75) is 103 Å². The number of ether oxygens (including phenoxy) is 1. The summed E-state index contributed by atoms with van der Waals surface area (Å²) in [6.07, 6.45) is 14.1. The number of fused-ring (bicyclic) bond motifs is 5. The number of carbonyl (C=O) groups excluding carboxylic acids is 1. The summed E-state index contributed by atoms with van der Waals surface area (Å²) in [4.78, 5) is 11.8. The number of carbonyl (C=O) groups is 1. The number of hydrogen-bond donors (Lipinski definition) is 2. The average Bonchev–Trinajstić information content (AvgIpc) is 3.13. The fraction of sp³-hybridized carbons (Fsp3) is 0.700. The third-order valence-corrected chi connectivity index (χ3v) is 9.73. The van der Waals surface area contributed by atoms with Crippen LogP contribution < -0.4 is 0 Å². The van der Waals surface area contributed by atoms with E-state index in [2.05, 4.69) is 32.2 Å². The topological polar surface area (TPSA) is 46.5 Å². The van der Waals surface area contributed by atoms with Gasteiger partial charge in [-0.3, -0.25) is 4.79 Å². The summed E-state index contributed by atoms with van der Waals surface area (Å²) >= 11 is 4.32. The van der Waals surface area contributed by atoms with E-state index in [4.69, 9.17) is 4.74 Å². The van der Waals surface area contributed by atoms with E-state index in [0.717, 1.165) is 44.3 Å². The Labute approximate surface area is 212 Å². The van der Waals surface area contributed by atoms with Crippen LogP contribution in [-0.4, -0.2) is 22.9 Å². The highest BCUT2D eigenvalue weighted by Gasteiger charge is 2.58. The maximum Gasteiger partial charge on any atom is 0.302 e. The van der Waals surface area contributed by atoms with Gasteiger partial charge in [-0.05, 0) is 104 Å². The Morgan fingerprint density at radius 1 is 1.15 bits per heavy atom. The number of benzene rings is 1. The lowest BCUT2D eigenvalue weighted by Gasteiger charge is -2.53. The molecule has 1 aromatic rings. The van der Waals surface area contributed by atoms with Crippen molar-refractivity contribution in [2.24, 2.45) is 23.2 Å². The van der Waals surface area contributed by atoms with Gasteiger partial charge in [0.2, 0.25) is 0 Å². The lowest BCUT2D eigenvalue weighted by atomic mass is 9.51.